The van der Waals surface area contributed by atoms with Crippen LogP contribution in [-0.2, 0) is 13.1 Å². The highest BCUT2D eigenvalue weighted by Gasteiger charge is 2.06. The van der Waals surface area contributed by atoms with Gasteiger partial charge in [0.2, 0.25) is 0 Å². The summed E-state index contributed by atoms with van der Waals surface area (Å²) >= 11 is 1.70. The molecular formula is C19H30IN5S. The van der Waals surface area contributed by atoms with E-state index >= 15 is 0 Å². The third kappa shape index (κ3) is 7.11. The van der Waals surface area contributed by atoms with Crippen LogP contribution in [0.5, 0.6) is 0 Å². The fourth-order valence-corrected chi connectivity index (χ4v) is 3.14. The van der Waals surface area contributed by atoms with Gasteiger partial charge in [0.15, 0.2) is 5.96 Å². The standard InChI is InChI=1S/C19H29N5S.HI/c1-6-20-19(22-12-18-23-17(13-25-18)14(2)3)21-11-15-7-9-16(10-8-15)24(4)5;/h7-10,13-14H,6,11-12H2,1-5H3,(H2,20,21,22);1H. The summed E-state index contributed by atoms with van der Waals surface area (Å²) in [4.78, 5) is 11.4. The molecule has 1 aromatic heterocycles. The molecule has 0 aliphatic rings. The first-order valence-electron chi connectivity index (χ1n) is 8.72. The average molecular weight is 487 g/mol. The molecular weight excluding hydrogens is 457 g/mol. The van der Waals surface area contributed by atoms with Gasteiger partial charge in [-0.15, -0.1) is 35.3 Å². The molecule has 5 nitrogen and oxygen atoms in total. The zero-order chi connectivity index (χ0) is 18.2. The van der Waals surface area contributed by atoms with E-state index in [1.165, 1.54) is 11.3 Å². The topological polar surface area (TPSA) is 52.6 Å². The fourth-order valence-electron chi connectivity index (χ4n) is 2.24. The number of benzene rings is 1. The minimum Gasteiger partial charge on any atom is -0.378 e. The van der Waals surface area contributed by atoms with E-state index in [2.05, 4.69) is 75.9 Å². The minimum absolute atomic E-state index is 0. The lowest BCUT2D eigenvalue weighted by Gasteiger charge is -2.13. The van der Waals surface area contributed by atoms with Crippen LogP contribution in [0.15, 0.2) is 34.6 Å². The van der Waals surface area contributed by atoms with Crippen molar-refractivity contribution < 1.29 is 0 Å². The molecule has 26 heavy (non-hydrogen) atoms. The van der Waals surface area contributed by atoms with E-state index in [4.69, 9.17) is 0 Å². The maximum absolute atomic E-state index is 4.67. The maximum atomic E-state index is 4.67. The fraction of sp³-hybridized carbons (Fsp3) is 0.474. The smallest absolute Gasteiger partial charge is 0.191 e. The van der Waals surface area contributed by atoms with Gasteiger partial charge in [-0.25, -0.2) is 9.98 Å². The van der Waals surface area contributed by atoms with Crippen LogP contribution in [0.25, 0.3) is 0 Å². The molecule has 0 fully saturated rings. The molecule has 0 saturated heterocycles. The van der Waals surface area contributed by atoms with Gasteiger partial charge >= 0.3 is 0 Å². The Labute approximate surface area is 178 Å². The van der Waals surface area contributed by atoms with Crippen molar-refractivity contribution in [1.29, 1.82) is 0 Å². The van der Waals surface area contributed by atoms with Gasteiger partial charge in [-0.2, -0.15) is 0 Å². The van der Waals surface area contributed by atoms with Gasteiger partial charge in [0.05, 0.1) is 18.8 Å². The summed E-state index contributed by atoms with van der Waals surface area (Å²) in [6.07, 6.45) is 0. The molecule has 1 heterocycles. The number of anilines is 1. The van der Waals surface area contributed by atoms with Gasteiger partial charge in [0.1, 0.15) is 5.01 Å². The molecule has 0 amide bonds. The molecule has 0 unspecified atom stereocenters. The van der Waals surface area contributed by atoms with Gasteiger partial charge < -0.3 is 15.5 Å². The van der Waals surface area contributed by atoms with Gasteiger partial charge in [-0.05, 0) is 30.5 Å². The molecule has 1 aromatic carbocycles. The largest absolute Gasteiger partial charge is 0.378 e. The quantitative estimate of drug-likeness (QED) is 0.349. The molecule has 0 aliphatic carbocycles. The number of rotatable bonds is 7. The van der Waals surface area contributed by atoms with Crippen LogP contribution in [0.2, 0.25) is 0 Å². The van der Waals surface area contributed by atoms with Crippen molar-refractivity contribution in [2.75, 3.05) is 25.5 Å². The third-order valence-electron chi connectivity index (χ3n) is 3.78. The summed E-state index contributed by atoms with van der Waals surface area (Å²) in [6, 6.07) is 8.48. The second kappa shape index (κ2) is 11.4. The summed E-state index contributed by atoms with van der Waals surface area (Å²) in [5.74, 6) is 1.29. The predicted molar refractivity (Wildman–Crippen MR) is 124 cm³/mol. The Bertz CT molecular complexity index is 679. The molecule has 144 valence electrons. The molecule has 0 bridgehead atoms. The Balaban J connectivity index is 0.00000338. The van der Waals surface area contributed by atoms with Crippen molar-refractivity contribution in [2.45, 2.75) is 39.8 Å². The monoisotopic (exact) mass is 487 g/mol. The van der Waals surface area contributed by atoms with Crippen LogP contribution in [-0.4, -0.2) is 31.6 Å². The van der Waals surface area contributed by atoms with Crippen molar-refractivity contribution in [2.24, 2.45) is 4.99 Å². The van der Waals surface area contributed by atoms with Crippen molar-refractivity contribution in [3.05, 3.63) is 45.9 Å². The van der Waals surface area contributed by atoms with E-state index in [0.29, 0.717) is 19.0 Å². The highest BCUT2D eigenvalue weighted by atomic mass is 127. The lowest BCUT2D eigenvalue weighted by molar-refractivity contribution is 0.788. The third-order valence-corrected chi connectivity index (χ3v) is 4.65. The van der Waals surface area contributed by atoms with E-state index in [1.54, 1.807) is 11.3 Å². The van der Waals surface area contributed by atoms with Crippen LogP contribution >= 0.6 is 35.3 Å². The first-order valence-corrected chi connectivity index (χ1v) is 9.60. The van der Waals surface area contributed by atoms with Gasteiger partial charge in [-0.3, -0.25) is 0 Å². The highest BCUT2D eigenvalue weighted by molar-refractivity contribution is 14.0. The number of aliphatic imine (C=N–C) groups is 1. The molecule has 0 atom stereocenters. The minimum atomic E-state index is 0. The number of halogens is 1. The molecule has 2 aromatic rings. The molecule has 2 N–H and O–H groups in total. The van der Waals surface area contributed by atoms with Crippen LogP contribution in [0.4, 0.5) is 5.69 Å². The number of guanidine groups is 1. The Morgan fingerprint density at radius 3 is 2.42 bits per heavy atom. The van der Waals surface area contributed by atoms with Crippen molar-refractivity contribution in [1.82, 2.24) is 15.6 Å². The molecule has 0 spiro atoms. The zero-order valence-corrected chi connectivity index (χ0v) is 19.4. The maximum Gasteiger partial charge on any atom is 0.191 e. The predicted octanol–water partition coefficient (Wildman–Crippen LogP) is 4.21. The highest BCUT2D eigenvalue weighted by Crippen LogP contribution is 2.17. The van der Waals surface area contributed by atoms with Gasteiger partial charge in [-0.1, -0.05) is 26.0 Å². The number of nitrogens with zero attached hydrogens (tertiary/aromatic N) is 3. The Morgan fingerprint density at radius 1 is 1.19 bits per heavy atom. The summed E-state index contributed by atoms with van der Waals surface area (Å²) in [5.41, 5.74) is 3.55. The van der Waals surface area contributed by atoms with Crippen molar-refractivity contribution in [3.8, 4) is 0 Å². The summed E-state index contributed by atoms with van der Waals surface area (Å²) in [6.45, 7) is 8.59. The lowest BCUT2D eigenvalue weighted by atomic mass is 10.2. The van der Waals surface area contributed by atoms with E-state index in [1.807, 2.05) is 14.1 Å². The van der Waals surface area contributed by atoms with E-state index in [9.17, 15) is 0 Å². The molecule has 7 heteroatoms. The number of nitrogens with one attached hydrogen (secondary N) is 2. The average Bonchev–Trinajstić information content (AvgIpc) is 3.07. The van der Waals surface area contributed by atoms with Crippen LogP contribution in [0.1, 0.15) is 43.0 Å². The molecule has 0 aliphatic heterocycles. The number of aromatic nitrogens is 1. The first-order chi connectivity index (χ1) is 12.0. The number of thiazole rings is 1. The van der Waals surface area contributed by atoms with Crippen molar-refractivity contribution >= 4 is 47.0 Å². The molecule has 0 saturated carbocycles. The van der Waals surface area contributed by atoms with Gasteiger partial charge in [0.25, 0.3) is 0 Å². The second-order valence-corrected chi connectivity index (χ2v) is 7.37. The zero-order valence-electron chi connectivity index (χ0n) is 16.2. The van der Waals surface area contributed by atoms with Crippen LogP contribution in [0.3, 0.4) is 0 Å². The van der Waals surface area contributed by atoms with Gasteiger partial charge in [0, 0.05) is 31.7 Å². The number of hydrogen-bond donors (Lipinski definition) is 2. The Morgan fingerprint density at radius 2 is 1.88 bits per heavy atom. The van der Waals surface area contributed by atoms with Crippen LogP contribution in [0, 0.1) is 0 Å². The lowest BCUT2D eigenvalue weighted by Crippen LogP contribution is -2.36. The summed E-state index contributed by atoms with van der Waals surface area (Å²) < 4.78 is 0. The Hall–Kier alpha value is -1.35. The number of hydrogen-bond acceptors (Lipinski definition) is 4. The second-order valence-electron chi connectivity index (χ2n) is 6.43. The summed E-state index contributed by atoms with van der Waals surface area (Å²) in [5, 5.41) is 9.88. The van der Waals surface area contributed by atoms with Crippen molar-refractivity contribution in [3.63, 3.8) is 0 Å². The Kier molecular flexibility index (Phi) is 9.93. The van der Waals surface area contributed by atoms with E-state index < -0.39 is 0 Å². The SMILES string of the molecule is CCNC(=NCc1ccc(N(C)C)cc1)NCc1nc(C(C)C)cs1.I. The van der Waals surface area contributed by atoms with E-state index in [0.717, 1.165) is 23.2 Å². The molecule has 0 radical (unpaired) electrons. The normalized spacial score (nSPS) is 11.2. The first kappa shape index (κ1) is 22.7. The molecule has 2 rings (SSSR count). The van der Waals surface area contributed by atoms with E-state index in [-0.39, 0.29) is 24.0 Å². The van der Waals surface area contributed by atoms with Crippen LogP contribution < -0.4 is 15.5 Å². The summed E-state index contributed by atoms with van der Waals surface area (Å²) in [7, 11) is 4.09.